The van der Waals surface area contributed by atoms with Crippen molar-refractivity contribution in [2.24, 2.45) is 11.3 Å². The van der Waals surface area contributed by atoms with Crippen LogP contribution in [-0.2, 0) is 16.4 Å². The summed E-state index contributed by atoms with van der Waals surface area (Å²) in [6, 6.07) is 4.86. The lowest BCUT2D eigenvalue weighted by molar-refractivity contribution is -0.127. The number of hydrogen-bond acceptors (Lipinski definition) is 6. The maximum atomic E-state index is 12.8. The van der Waals surface area contributed by atoms with Crippen LogP contribution in [-0.4, -0.2) is 74.0 Å². The average molecular weight is 540 g/mol. The molecule has 0 unspecified atom stereocenters. The fraction of sp³-hybridized carbons (Fsp3) is 0.692. The number of likely N-dealkylation sites (tertiary alicyclic amines) is 1. The molecule has 5 rings (SSSR count). The van der Waals surface area contributed by atoms with Crippen LogP contribution >= 0.6 is 0 Å². The number of sulfonamides is 1. The maximum absolute atomic E-state index is 12.8. The van der Waals surface area contributed by atoms with Gasteiger partial charge in [-0.3, -0.25) is 0 Å². The minimum Gasteiger partial charge on any atom is -0.355 e. The van der Waals surface area contributed by atoms with Crippen molar-refractivity contribution in [1.29, 1.82) is 0 Å². The molecule has 1 saturated carbocycles. The van der Waals surface area contributed by atoms with Gasteiger partial charge in [0, 0.05) is 36.5 Å². The Morgan fingerprint density at radius 1 is 1.08 bits per heavy atom. The van der Waals surface area contributed by atoms with E-state index >= 15 is 0 Å². The third-order valence-electron chi connectivity index (χ3n) is 8.44. The minimum atomic E-state index is -4.24. The SMILES string of the molecule is CCS(=O)(=O)NC1CCC(CN2CCC3(CC2)CN(c2ncnc4cc(CC(F)(F)F)ccc24)C3)CC1. The van der Waals surface area contributed by atoms with Gasteiger partial charge in [0.15, 0.2) is 0 Å². The number of hydrogen-bond donors (Lipinski definition) is 1. The van der Waals surface area contributed by atoms with E-state index in [1.165, 1.54) is 18.5 Å². The van der Waals surface area contributed by atoms with E-state index in [-0.39, 0.29) is 22.8 Å². The van der Waals surface area contributed by atoms with Crippen LogP contribution in [0, 0.1) is 11.3 Å². The second-order valence-electron chi connectivity index (χ2n) is 11.2. The molecule has 0 radical (unpaired) electrons. The van der Waals surface area contributed by atoms with E-state index in [4.69, 9.17) is 0 Å². The van der Waals surface area contributed by atoms with E-state index in [2.05, 4.69) is 24.5 Å². The van der Waals surface area contributed by atoms with Crippen molar-refractivity contribution in [3.05, 3.63) is 30.1 Å². The Labute approximate surface area is 216 Å². The Balaban J connectivity index is 1.11. The lowest BCUT2D eigenvalue weighted by atomic mass is 9.71. The van der Waals surface area contributed by atoms with Crippen LogP contribution in [0.5, 0.6) is 0 Å². The van der Waals surface area contributed by atoms with E-state index in [0.29, 0.717) is 11.4 Å². The first-order valence-corrected chi connectivity index (χ1v) is 15.0. The van der Waals surface area contributed by atoms with Gasteiger partial charge in [-0.05, 0) is 82.2 Å². The number of rotatable bonds is 7. The van der Waals surface area contributed by atoms with Crippen LogP contribution < -0.4 is 9.62 Å². The van der Waals surface area contributed by atoms with Crippen LogP contribution in [0.2, 0.25) is 0 Å². The van der Waals surface area contributed by atoms with Crippen molar-refractivity contribution in [2.75, 3.05) is 43.4 Å². The number of benzene rings is 1. The van der Waals surface area contributed by atoms with Gasteiger partial charge in [0.25, 0.3) is 0 Å². The molecule has 11 heteroatoms. The standard InChI is InChI=1S/C26H36F3N5O2S/c1-2-37(35,36)32-21-6-3-19(4-7-21)15-33-11-9-25(10-12-33)16-34(17-25)24-22-8-5-20(14-26(27,28)29)13-23(22)30-18-31-24/h5,8,13,18-19,21,32H,2-4,6-7,9-12,14-17H2,1H3. The van der Waals surface area contributed by atoms with Crippen molar-refractivity contribution >= 4 is 26.7 Å². The largest absolute Gasteiger partial charge is 0.393 e. The van der Waals surface area contributed by atoms with Crippen molar-refractivity contribution in [3.8, 4) is 0 Å². The van der Waals surface area contributed by atoms with Crippen LogP contribution in [0.25, 0.3) is 10.9 Å². The van der Waals surface area contributed by atoms with E-state index in [1.54, 1.807) is 13.0 Å². The molecule has 2 aromatic rings. The number of anilines is 1. The molecule has 1 spiro atoms. The summed E-state index contributed by atoms with van der Waals surface area (Å²) >= 11 is 0. The molecule has 0 bridgehead atoms. The van der Waals surface area contributed by atoms with Gasteiger partial charge in [-0.1, -0.05) is 6.07 Å². The number of nitrogens with one attached hydrogen (secondary N) is 1. The molecule has 0 atom stereocenters. The van der Waals surface area contributed by atoms with Gasteiger partial charge in [0.1, 0.15) is 12.1 Å². The Kier molecular flexibility index (Phi) is 7.41. The molecule has 0 amide bonds. The normalized spacial score (nSPS) is 24.9. The van der Waals surface area contributed by atoms with Crippen molar-refractivity contribution in [2.45, 2.75) is 64.1 Å². The summed E-state index contributed by atoms with van der Waals surface area (Å²) in [5.74, 6) is 1.58. The van der Waals surface area contributed by atoms with Gasteiger partial charge in [-0.25, -0.2) is 23.1 Å². The number of nitrogens with zero attached hydrogens (tertiary/aromatic N) is 4. The lowest BCUT2D eigenvalue weighted by Gasteiger charge is -2.55. The number of aromatic nitrogens is 2. The summed E-state index contributed by atoms with van der Waals surface area (Å²) in [6.07, 6.45) is 2.49. The Morgan fingerprint density at radius 3 is 2.43 bits per heavy atom. The number of alkyl halides is 3. The summed E-state index contributed by atoms with van der Waals surface area (Å²) in [4.78, 5) is 13.5. The second kappa shape index (κ2) is 10.3. The van der Waals surface area contributed by atoms with E-state index in [9.17, 15) is 21.6 Å². The van der Waals surface area contributed by atoms with Gasteiger partial charge in [0.05, 0.1) is 17.7 Å². The first-order chi connectivity index (χ1) is 17.5. The maximum Gasteiger partial charge on any atom is 0.393 e. The highest BCUT2D eigenvalue weighted by atomic mass is 32.2. The number of piperidine rings is 1. The number of halogens is 3. The molecule has 204 valence electrons. The van der Waals surface area contributed by atoms with E-state index in [0.717, 1.165) is 82.5 Å². The van der Waals surface area contributed by atoms with Gasteiger partial charge >= 0.3 is 6.18 Å². The summed E-state index contributed by atoms with van der Waals surface area (Å²) in [5, 5.41) is 0.803. The molecule has 37 heavy (non-hydrogen) atoms. The molecule has 3 aliphatic rings. The smallest absolute Gasteiger partial charge is 0.355 e. The first kappa shape index (κ1) is 26.6. The highest BCUT2D eigenvalue weighted by Crippen LogP contribution is 2.44. The fourth-order valence-electron chi connectivity index (χ4n) is 6.29. The zero-order valence-corrected chi connectivity index (χ0v) is 22.1. The molecular formula is C26H36F3N5O2S. The lowest BCUT2D eigenvalue weighted by Crippen LogP contribution is -2.61. The van der Waals surface area contributed by atoms with Crippen LogP contribution in [0.15, 0.2) is 24.5 Å². The zero-order chi connectivity index (χ0) is 26.3. The minimum absolute atomic E-state index is 0.0842. The molecule has 1 aromatic heterocycles. The predicted molar refractivity (Wildman–Crippen MR) is 138 cm³/mol. The predicted octanol–water partition coefficient (Wildman–Crippen LogP) is 4.13. The third kappa shape index (κ3) is 6.37. The monoisotopic (exact) mass is 539 g/mol. The highest BCUT2D eigenvalue weighted by molar-refractivity contribution is 7.89. The molecule has 3 heterocycles. The molecule has 2 aliphatic heterocycles. The Morgan fingerprint density at radius 2 is 1.78 bits per heavy atom. The quantitative estimate of drug-likeness (QED) is 0.570. The molecule has 2 saturated heterocycles. The van der Waals surface area contributed by atoms with Gasteiger partial charge < -0.3 is 9.80 Å². The second-order valence-corrected chi connectivity index (χ2v) is 13.3. The van der Waals surface area contributed by atoms with E-state index < -0.39 is 22.6 Å². The van der Waals surface area contributed by atoms with Gasteiger partial charge in [0.2, 0.25) is 10.0 Å². The Hall–Kier alpha value is -1.98. The molecule has 1 aliphatic carbocycles. The molecule has 3 fully saturated rings. The van der Waals surface area contributed by atoms with Crippen LogP contribution in [0.3, 0.4) is 0 Å². The van der Waals surface area contributed by atoms with Gasteiger partial charge in [-0.2, -0.15) is 13.2 Å². The first-order valence-electron chi connectivity index (χ1n) is 13.3. The highest BCUT2D eigenvalue weighted by Gasteiger charge is 2.46. The summed E-state index contributed by atoms with van der Waals surface area (Å²) < 4.78 is 64.9. The van der Waals surface area contributed by atoms with Crippen molar-refractivity contribution in [1.82, 2.24) is 19.6 Å². The van der Waals surface area contributed by atoms with E-state index in [1.807, 2.05) is 0 Å². The fourth-order valence-corrected chi connectivity index (χ4v) is 7.20. The van der Waals surface area contributed by atoms with Crippen LogP contribution in [0.1, 0.15) is 51.0 Å². The molecular weight excluding hydrogens is 503 g/mol. The number of fused-ring (bicyclic) bond motifs is 1. The molecule has 1 aromatic carbocycles. The summed E-state index contributed by atoms with van der Waals surface area (Å²) in [7, 11) is -3.13. The van der Waals surface area contributed by atoms with Crippen LogP contribution in [0.4, 0.5) is 19.0 Å². The van der Waals surface area contributed by atoms with Crippen molar-refractivity contribution < 1.29 is 21.6 Å². The summed E-state index contributed by atoms with van der Waals surface area (Å²) in [6.45, 7) is 6.73. The zero-order valence-electron chi connectivity index (χ0n) is 21.3. The van der Waals surface area contributed by atoms with Gasteiger partial charge in [-0.15, -0.1) is 0 Å². The van der Waals surface area contributed by atoms with Crippen molar-refractivity contribution in [3.63, 3.8) is 0 Å². The summed E-state index contributed by atoms with van der Waals surface area (Å²) in [5.41, 5.74) is 1.05. The topological polar surface area (TPSA) is 78.4 Å². The molecule has 7 nitrogen and oxygen atoms in total. The Bertz CT molecular complexity index is 1200. The molecule has 1 N–H and O–H groups in total. The third-order valence-corrected chi connectivity index (χ3v) is 9.90. The average Bonchev–Trinajstić information content (AvgIpc) is 2.83.